The lowest BCUT2D eigenvalue weighted by atomic mass is 9.70. The van der Waals surface area contributed by atoms with Crippen LogP contribution in [0.1, 0.15) is 46.1 Å². The van der Waals surface area contributed by atoms with E-state index in [1.54, 1.807) is 0 Å². The Morgan fingerprint density at radius 2 is 1.77 bits per heavy atom. The van der Waals surface area contributed by atoms with Crippen molar-refractivity contribution in [3.8, 4) is 0 Å². The van der Waals surface area contributed by atoms with E-state index < -0.39 is 35.6 Å². The number of anilines is 2. The van der Waals surface area contributed by atoms with E-state index in [0.717, 1.165) is 24.3 Å². The Morgan fingerprint density at radius 3 is 2.37 bits per heavy atom. The van der Waals surface area contributed by atoms with Crippen molar-refractivity contribution < 1.29 is 24.2 Å². The van der Waals surface area contributed by atoms with Crippen LogP contribution < -0.4 is 15.5 Å². The normalized spacial score (nSPS) is 28.8. The minimum Gasteiger partial charge on any atom is -0.394 e. The summed E-state index contributed by atoms with van der Waals surface area (Å²) in [6, 6.07) is 15.7. The molecule has 10 heteroatoms. The highest BCUT2D eigenvalue weighted by molar-refractivity contribution is 9.09. The third-order valence-electron chi connectivity index (χ3n) is 9.70. The molecular weight excluding hydrogens is 612 g/mol. The maximum atomic E-state index is 14.4. The average Bonchev–Trinajstić information content (AvgIpc) is 3.61. The number of nitrogens with zero attached hydrogens (tertiary/aromatic N) is 2. The smallest absolute Gasteiger partial charge is 0.250 e. The summed E-state index contributed by atoms with van der Waals surface area (Å²) in [6.45, 7) is 9.93. The van der Waals surface area contributed by atoms with Crippen molar-refractivity contribution in [2.75, 3.05) is 29.9 Å². The summed E-state index contributed by atoms with van der Waals surface area (Å²) < 4.78 is 6.62. The standard InChI is InChI=1S/C33H43BrN4O5/c1-5-20(4)25(19-39)38-29(31(41)36-22-13-15-23(16-14-22)37(6-2)7-3)33-17-24(34)28(43-33)26(27(33)32(38)42)30(40)35-18-21-11-9-8-10-12-21/h8-16,20,24-29,39H,5-7,17-19H2,1-4H3,(H,35,40)(H,36,41)/t20-,24?,25-,26+,27-,28+,29?,33?/m0/s1. The number of nitrogens with one attached hydrogen (secondary N) is 2. The summed E-state index contributed by atoms with van der Waals surface area (Å²) in [4.78, 5) is 45.9. The minimum atomic E-state index is -1.20. The molecule has 0 aromatic heterocycles. The fourth-order valence-electron chi connectivity index (χ4n) is 7.30. The summed E-state index contributed by atoms with van der Waals surface area (Å²) in [7, 11) is 0. The maximum absolute atomic E-state index is 14.4. The first-order valence-corrected chi connectivity index (χ1v) is 16.3. The van der Waals surface area contributed by atoms with Crippen molar-refractivity contribution in [3.63, 3.8) is 0 Å². The zero-order valence-electron chi connectivity index (χ0n) is 25.3. The number of fused-ring (bicyclic) bond motifs is 1. The highest BCUT2D eigenvalue weighted by atomic mass is 79.9. The molecule has 5 rings (SSSR count). The van der Waals surface area contributed by atoms with Crippen LogP contribution in [0.4, 0.5) is 11.4 Å². The minimum absolute atomic E-state index is 0.0739. The first kappa shape index (κ1) is 31.5. The Kier molecular flexibility index (Phi) is 9.49. The molecule has 2 bridgehead atoms. The third kappa shape index (κ3) is 5.58. The molecule has 232 valence electrons. The molecule has 43 heavy (non-hydrogen) atoms. The van der Waals surface area contributed by atoms with Crippen LogP contribution in [0.3, 0.4) is 0 Å². The maximum Gasteiger partial charge on any atom is 0.250 e. The number of halogens is 1. The molecule has 0 radical (unpaired) electrons. The van der Waals surface area contributed by atoms with Gasteiger partial charge in [-0.1, -0.05) is 66.5 Å². The van der Waals surface area contributed by atoms with Crippen molar-refractivity contribution in [1.29, 1.82) is 0 Å². The number of benzene rings is 2. The SMILES string of the molecule is CC[C@H](C)[C@H](CO)N1C(=O)[C@@H]2[C@@H](C(=O)NCc3ccccc3)[C@@H]3OC2(CC3Br)C1C(=O)Nc1ccc(N(CC)CC)cc1. The number of amides is 3. The van der Waals surface area contributed by atoms with Crippen molar-refractivity contribution in [1.82, 2.24) is 10.2 Å². The van der Waals surface area contributed by atoms with Gasteiger partial charge in [0.1, 0.15) is 11.6 Å². The van der Waals surface area contributed by atoms with Gasteiger partial charge in [0, 0.05) is 35.8 Å². The molecule has 2 aromatic rings. The van der Waals surface area contributed by atoms with E-state index in [0.29, 0.717) is 25.1 Å². The van der Waals surface area contributed by atoms with Gasteiger partial charge in [-0.15, -0.1) is 0 Å². The monoisotopic (exact) mass is 654 g/mol. The van der Waals surface area contributed by atoms with E-state index in [1.165, 1.54) is 4.90 Å². The molecule has 3 N–H and O–H groups in total. The number of aliphatic hydroxyl groups excluding tert-OH is 1. The van der Waals surface area contributed by atoms with Gasteiger partial charge in [0.15, 0.2) is 0 Å². The van der Waals surface area contributed by atoms with E-state index in [4.69, 9.17) is 4.74 Å². The molecule has 0 aliphatic carbocycles. The van der Waals surface area contributed by atoms with Gasteiger partial charge in [0.05, 0.1) is 30.6 Å². The average molecular weight is 656 g/mol. The zero-order valence-corrected chi connectivity index (χ0v) is 26.9. The number of alkyl halides is 1. The number of likely N-dealkylation sites (tertiary alicyclic amines) is 1. The number of aliphatic hydroxyl groups is 1. The molecule has 3 fully saturated rings. The summed E-state index contributed by atoms with van der Waals surface area (Å²) in [5.74, 6) is -2.62. The lowest BCUT2D eigenvalue weighted by molar-refractivity contribution is -0.145. The lowest BCUT2D eigenvalue weighted by Crippen LogP contribution is -2.57. The molecule has 3 heterocycles. The third-order valence-corrected chi connectivity index (χ3v) is 10.5. The molecule has 3 aliphatic rings. The molecule has 3 aliphatic heterocycles. The Labute approximate surface area is 262 Å². The van der Waals surface area contributed by atoms with Gasteiger partial charge in [0.2, 0.25) is 17.7 Å². The Morgan fingerprint density at radius 1 is 1.09 bits per heavy atom. The predicted molar refractivity (Wildman–Crippen MR) is 170 cm³/mol. The fourth-order valence-corrected chi connectivity index (χ4v) is 8.24. The zero-order chi connectivity index (χ0) is 30.9. The number of hydrogen-bond acceptors (Lipinski definition) is 6. The van der Waals surface area contributed by atoms with E-state index in [2.05, 4.69) is 45.3 Å². The Balaban J connectivity index is 1.47. The molecule has 8 atom stereocenters. The van der Waals surface area contributed by atoms with Gasteiger partial charge in [-0.05, 0) is 56.0 Å². The summed E-state index contributed by atoms with van der Waals surface area (Å²) >= 11 is 3.73. The quantitative estimate of drug-likeness (QED) is 0.299. The molecule has 0 saturated carbocycles. The van der Waals surface area contributed by atoms with Crippen LogP contribution in [0, 0.1) is 17.8 Å². The number of hydrogen-bond donors (Lipinski definition) is 3. The van der Waals surface area contributed by atoms with Gasteiger partial charge < -0.3 is 30.3 Å². The van der Waals surface area contributed by atoms with Crippen LogP contribution in [0.15, 0.2) is 54.6 Å². The molecule has 2 aromatic carbocycles. The second-order valence-electron chi connectivity index (χ2n) is 12.0. The van der Waals surface area contributed by atoms with Gasteiger partial charge in [-0.2, -0.15) is 0 Å². The summed E-state index contributed by atoms with van der Waals surface area (Å²) in [6.07, 6.45) is 0.566. The topological polar surface area (TPSA) is 111 Å². The first-order valence-electron chi connectivity index (χ1n) is 15.4. The summed E-state index contributed by atoms with van der Waals surface area (Å²) in [5, 5.41) is 16.6. The van der Waals surface area contributed by atoms with Crippen molar-refractivity contribution in [3.05, 3.63) is 60.2 Å². The molecular formula is C33H43BrN4O5. The van der Waals surface area contributed by atoms with E-state index >= 15 is 0 Å². The van der Waals surface area contributed by atoms with E-state index in [-0.39, 0.29) is 35.1 Å². The highest BCUT2D eigenvalue weighted by Gasteiger charge is 2.77. The van der Waals surface area contributed by atoms with E-state index in [9.17, 15) is 19.5 Å². The van der Waals surface area contributed by atoms with Gasteiger partial charge in [-0.3, -0.25) is 14.4 Å². The van der Waals surface area contributed by atoms with Crippen LogP contribution in [0.5, 0.6) is 0 Å². The molecule has 3 amide bonds. The van der Waals surface area contributed by atoms with Gasteiger partial charge >= 0.3 is 0 Å². The van der Waals surface area contributed by atoms with Gasteiger partial charge in [0.25, 0.3) is 0 Å². The Bertz CT molecular complexity index is 1310. The highest BCUT2D eigenvalue weighted by Crippen LogP contribution is 2.60. The van der Waals surface area contributed by atoms with Crippen LogP contribution in [-0.4, -0.2) is 76.0 Å². The number of rotatable bonds is 12. The van der Waals surface area contributed by atoms with Crippen LogP contribution >= 0.6 is 15.9 Å². The molecule has 3 saturated heterocycles. The van der Waals surface area contributed by atoms with Crippen LogP contribution in [0.2, 0.25) is 0 Å². The van der Waals surface area contributed by atoms with Crippen molar-refractivity contribution in [2.24, 2.45) is 17.8 Å². The second-order valence-corrected chi connectivity index (χ2v) is 13.1. The molecule has 3 unspecified atom stereocenters. The molecule has 9 nitrogen and oxygen atoms in total. The first-order chi connectivity index (χ1) is 20.7. The second kappa shape index (κ2) is 13.0. The van der Waals surface area contributed by atoms with Crippen molar-refractivity contribution >= 4 is 45.0 Å². The predicted octanol–water partition coefficient (Wildman–Crippen LogP) is 3.94. The lowest BCUT2D eigenvalue weighted by Gasteiger charge is -2.38. The largest absolute Gasteiger partial charge is 0.394 e. The Hall–Kier alpha value is -2.95. The van der Waals surface area contributed by atoms with Crippen LogP contribution in [0.25, 0.3) is 0 Å². The van der Waals surface area contributed by atoms with E-state index in [1.807, 2.05) is 68.4 Å². The molecule has 1 spiro atoms. The van der Waals surface area contributed by atoms with Crippen LogP contribution in [-0.2, 0) is 25.7 Å². The van der Waals surface area contributed by atoms with Gasteiger partial charge in [-0.25, -0.2) is 0 Å². The fraction of sp³-hybridized carbons (Fsp3) is 0.545. The number of ether oxygens (including phenoxy) is 1. The number of carbonyl (C=O) groups excluding carboxylic acids is 3. The number of carbonyl (C=O) groups is 3. The summed E-state index contributed by atoms with van der Waals surface area (Å²) in [5.41, 5.74) is 1.42. The van der Waals surface area contributed by atoms with Crippen molar-refractivity contribution in [2.45, 2.75) is 75.7 Å².